The summed E-state index contributed by atoms with van der Waals surface area (Å²) in [6.07, 6.45) is 0. The normalized spacial score (nSPS) is 11.6. The average Bonchev–Trinajstić information content (AvgIpc) is 2.13. The second-order valence-corrected chi connectivity index (χ2v) is 4.14. The maximum absolute atomic E-state index is 13.1. The van der Waals surface area contributed by atoms with Crippen LogP contribution in [0.25, 0.3) is 0 Å². The smallest absolute Gasteiger partial charge is 0.387 e. The van der Waals surface area contributed by atoms with Crippen LogP contribution in [0.5, 0.6) is 5.75 Å². The predicted octanol–water partition coefficient (Wildman–Crippen LogP) is 1.99. The Hall–Kier alpha value is -1.91. The molecule has 1 aromatic rings. The third-order valence-corrected chi connectivity index (χ3v) is 2.53. The molecule has 0 aliphatic heterocycles. The SMILES string of the molecule is O=[N+]([O-])c1cc(S(=O)(=O)F)c(F)cc1OC(F)F. The highest BCUT2D eigenvalue weighted by Gasteiger charge is 2.27. The zero-order valence-electron chi connectivity index (χ0n) is 8.14. The summed E-state index contributed by atoms with van der Waals surface area (Å²) in [6.45, 7) is -3.49. The summed E-state index contributed by atoms with van der Waals surface area (Å²) < 4.78 is 73.9. The summed E-state index contributed by atoms with van der Waals surface area (Å²) in [4.78, 5) is 7.49. The Kier molecular flexibility index (Phi) is 3.74. The van der Waals surface area contributed by atoms with Crippen LogP contribution in [0.4, 0.5) is 22.7 Å². The zero-order chi connectivity index (χ0) is 14.1. The Morgan fingerprint density at radius 1 is 1.33 bits per heavy atom. The number of rotatable bonds is 4. The number of nitrogens with zero attached hydrogens (tertiary/aromatic N) is 1. The molecule has 0 aromatic heterocycles. The number of ether oxygens (including phenoxy) is 1. The van der Waals surface area contributed by atoms with Crippen LogP contribution in [0.15, 0.2) is 17.0 Å². The van der Waals surface area contributed by atoms with E-state index >= 15 is 0 Å². The van der Waals surface area contributed by atoms with Crippen molar-refractivity contribution in [3.05, 3.63) is 28.1 Å². The number of halogens is 4. The molecule has 6 nitrogen and oxygen atoms in total. The highest BCUT2D eigenvalue weighted by molar-refractivity contribution is 7.86. The van der Waals surface area contributed by atoms with E-state index in [1.807, 2.05) is 0 Å². The van der Waals surface area contributed by atoms with Gasteiger partial charge in [0.05, 0.1) is 4.92 Å². The summed E-state index contributed by atoms with van der Waals surface area (Å²) >= 11 is 0. The van der Waals surface area contributed by atoms with E-state index in [0.717, 1.165) is 0 Å². The van der Waals surface area contributed by atoms with Gasteiger partial charge in [-0.2, -0.15) is 17.2 Å². The van der Waals surface area contributed by atoms with Gasteiger partial charge in [0.15, 0.2) is 0 Å². The molecular weight excluding hydrogens is 286 g/mol. The van der Waals surface area contributed by atoms with Crippen LogP contribution in [0.3, 0.4) is 0 Å². The molecule has 0 atom stereocenters. The van der Waals surface area contributed by atoms with Crippen LogP contribution in [0.1, 0.15) is 0 Å². The molecule has 100 valence electrons. The van der Waals surface area contributed by atoms with E-state index in [0.29, 0.717) is 0 Å². The van der Waals surface area contributed by atoms with E-state index < -0.39 is 43.9 Å². The van der Waals surface area contributed by atoms with Gasteiger partial charge in [-0.05, 0) is 0 Å². The van der Waals surface area contributed by atoms with Crippen LogP contribution in [-0.4, -0.2) is 20.0 Å². The molecule has 1 aromatic carbocycles. The van der Waals surface area contributed by atoms with Crippen molar-refractivity contribution in [1.82, 2.24) is 0 Å². The van der Waals surface area contributed by atoms with Gasteiger partial charge in [-0.1, -0.05) is 0 Å². The minimum absolute atomic E-state index is 0.00322. The maximum atomic E-state index is 13.1. The van der Waals surface area contributed by atoms with Crippen LogP contribution in [0.2, 0.25) is 0 Å². The molecule has 0 saturated carbocycles. The minimum atomic E-state index is -5.56. The molecule has 0 heterocycles. The predicted molar refractivity (Wildman–Crippen MR) is 48.0 cm³/mol. The Bertz CT molecular complexity index is 588. The van der Waals surface area contributed by atoms with E-state index in [4.69, 9.17) is 0 Å². The van der Waals surface area contributed by atoms with Crippen LogP contribution >= 0.6 is 0 Å². The first kappa shape index (κ1) is 14.2. The molecular formula is C7H3F4NO5S. The fourth-order valence-electron chi connectivity index (χ4n) is 1.04. The van der Waals surface area contributed by atoms with E-state index in [9.17, 15) is 35.6 Å². The number of hydrogen-bond donors (Lipinski definition) is 0. The van der Waals surface area contributed by atoms with Crippen molar-refractivity contribution < 1.29 is 35.1 Å². The lowest BCUT2D eigenvalue weighted by Gasteiger charge is -2.06. The molecule has 0 bridgehead atoms. The molecule has 0 spiro atoms. The molecule has 18 heavy (non-hydrogen) atoms. The molecule has 0 amide bonds. The Balaban J connectivity index is 3.49. The highest BCUT2D eigenvalue weighted by atomic mass is 32.3. The quantitative estimate of drug-likeness (QED) is 0.366. The third-order valence-electron chi connectivity index (χ3n) is 1.69. The van der Waals surface area contributed by atoms with E-state index in [1.165, 1.54) is 0 Å². The third kappa shape index (κ3) is 3.06. The van der Waals surface area contributed by atoms with Crippen LogP contribution in [-0.2, 0) is 10.2 Å². The molecule has 0 aliphatic rings. The lowest BCUT2D eigenvalue weighted by atomic mass is 10.3. The van der Waals surface area contributed by atoms with E-state index in [2.05, 4.69) is 4.74 Å². The van der Waals surface area contributed by atoms with Gasteiger partial charge in [-0.3, -0.25) is 10.1 Å². The molecule has 0 aliphatic carbocycles. The summed E-state index contributed by atoms with van der Waals surface area (Å²) in [6, 6.07) is -0.0425. The molecule has 0 fully saturated rings. The average molecular weight is 289 g/mol. The summed E-state index contributed by atoms with van der Waals surface area (Å²) in [5, 5.41) is 10.4. The van der Waals surface area contributed by atoms with Gasteiger partial charge in [0, 0.05) is 12.1 Å². The number of nitro groups is 1. The fourth-order valence-corrected chi connectivity index (χ4v) is 1.59. The van der Waals surface area contributed by atoms with Gasteiger partial charge in [-0.15, -0.1) is 3.89 Å². The second-order valence-electron chi connectivity index (χ2n) is 2.82. The van der Waals surface area contributed by atoms with Crippen molar-refractivity contribution in [2.45, 2.75) is 11.5 Å². The lowest BCUT2D eigenvalue weighted by Crippen LogP contribution is -2.07. The monoisotopic (exact) mass is 289 g/mol. The minimum Gasteiger partial charge on any atom is -0.427 e. The first-order valence-electron chi connectivity index (χ1n) is 4.00. The Labute approximate surface area is 97.1 Å². The van der Waals surface area contributed by atoms with Gasteiger partial charge in [0.25, 0.3) is 0 Å². The number of hydrogen-bond acceptors (Lipinski definition) is 5. The Morgan fingerprint density at radius 3 is 2.28 bits per heavy atom. The van der Waals surface area contributed by atoms with Crippen molar-refractivity contribution in [2.75, 3.05) is 0 Å². The first-order chi connectivity index (χ1) is 8.12. The maximum Gasteiger partial charge on any atom is 0.387 e. The van der Waals surface area contributed by atoms with Crippen molar-refractivity contribution in [1.29, 1.82) is 0 Å². The largest absolute Gasteiger partial charge is 0.427 e. The van der Waals surface area contributed by atoms with Gasteiger partial charge >= 0.3 is 22.5 Å². The van der Waals surface area contributed by atoms with Crippen molar-refractivity contribution in [2.24, 2.45) is 0 Å². The molecule has 0 unspecified atom stereocenters. The van der Waals surface area contributed by atoms with Gasteiger partial charge in [0.2, 0.25) is 5.75 Å². The Morgan fingerprint density at radius 2 is 1.89 bits per heavy atom. The topological polar surface area (TPSA) is 86.5 Å². The molecule has 1 rings (SSSR count). The summed E-state index contributed by atoms with van der Waals surface area (Å²) in [5.74, 6) is -2.99. The summed E-state index contributed by atoms with van der Waals surface area (Å²) in [5.41, 5.74) is -1.30. The van der Waals surface area contributed by atoms with Gasteiger partial charge in [0.1, 0.15) is 10.7 Å². The van der Waals surface area contributed by atoms with Gasteiger partial charge in [-0.25, -0.2) is 4.39 Å². The van der Waals surface area contributed by atoms with E-state index in [1.54, 1.807) is 0 Å². The fraction of sp³-hybridized carbons (Fsp3) is 0.143. The standard InChI is InChI=1S/C7H3F4NO5S/c8-3-1-5(17-7(9)10)4(12(13)14)2-6(3)18(11,15)16/h1-2,7H. The van der Waals surface area contributed by atoms with Crippen LogP contribution in [0, 0.1) is 15.9 Å². The highest BCUT2D eigenvalue weighted by Crippen LogP contribution is 2.33. The van der Waals surface area contributed by atoms with Crippen LogP contribution < -0.4 is 4.74 Å². The van der Waals surface area contributed by atoms with Crippen molar-refractivity contribution in [3.63, 3.8) is 0 Å². The number of nitro benzene ring substituents is 1. The molecule has 0 N–H and O–H groups in total. The first-order valence-corrected chi connectivity index (χ1v) is 5.38. The van der Waals surface area contributed by atoms with E-state index in [-0.39, 0.29) is 12.1 Å². The second kappa shape index (κ2) is 4.76. The van der Waals surface area contributed by atoms with Crippen molar-refractivity contribution in [3.8, 4) is 5.75 Å². The number of benzene rings is 1. The molecule has 0 saturated heterocycles. The zero-order valence-corrected chi connectivity index (χ0v) is 8.96. The van der Waals surface area contributed by atoms with Crippen molar-refractivity contribution >= 4 is 15.9 Å². The molecule has 0 radical (unpaired) electrons. The lowest BCUT2D eigenvalue weighted by molar-refractivity contribution is -0.386. The van der Waals surface area contributed by atoms with Gasteiger partial charge < -0.3 is 4.74 Å². The summed E-state index contributed by atoms with van der Waals surface area (Å²) in [7, 11) is -5.56. The number of alkyl halides is 2. The molecule has 11 heteroatoms.